The van der Waals surface area contributed by atoms with Crippen LogP contribution in [0.1, 0.15) is 13.8 Å². The van der Waals surface area contributed by atoms with Crippen LogP contribution in [-0.4, -0.2) is 69.6 Å². The van der Waals surface area contributed by atoms with Gasteiger partial charge in [0, 0.05) is 19.0 Å². The predicted octanol–water partition coefficient (Wildman–Crippen LogP) is -0.855. The van der Waals surface area contributed by atoms with Crippen molar-refractivity contribution in [2.24, 2.45) is 5.92 Å². The molecule has 0 radical (unpaired) electrons. The number of hydrogen-bond donors (Lipinski definition) is 1. The van der Waals surface area contributed by atoms with Gasteiger partial charge in [0.25, 0.3) is 5.91 Å². The molecular weight excluding hydrogens is 248 g/mol. The number of nitrogens with zero attached hydrogens (tertiary/aromatic N) is 1. The van der Waals surface area contributed by atoms with Crippen LogP contribution in [0.25, 0.3) is 0 Å². The van der Waals surface area contributed by atoms with Crippen molar-refractivity contribution in [1.29, 1.82) is 0 Å². The second-order valence-electron chi connectivity index (χ2n) is 5.01. The van der Waals surface area contributed by atoms with Gasteiger partial charge in [-0.25, -0.2) is 0 Å². The summed E-state index contributed by atoms with van der Waals surface area (Å²) in [6.45, 7) is 8.50. The number of hydrogen-bond acceptors (Lipinski definition) is 4. The fourth-order valence-electron chi connectivity index (χ4n) is 1.74. The maximum Gasteiger partial charge on any atom is 0.281 e. The predicted molar refractivity (Wildman–Crippen MR) is 70.6 cm³/mol. The molecule has 19 heavy (non-hydrogen) atoms. The first-order chi connectivity index (χ1) is 9.13. The molecule has 1 rings (SSSR count). The molecule has 0 aromatic carbocycles. The van der Waals surface area contributed by atoms with Crippen LogP contribution in [0.4, 0.5) is 0 Å². The molecule has 0 spiro atoms. The highest BCUT2D eigenvalue weighted by molar-refractivity contribution is 5.80. The molecular formula is C13H27N2O4+. The molecule has 0 aliphatic carbocycles. The highest BCUT2D eigenvalue weighted by Crippen LogP contribution is 2.02. The Morgan fingerprint density at radius 3 is 1.79 bits per heavy atom. The maximum absolute atomic E-state index is 12.3. The summed E-state index contributed by atoms with van der Waals surface area (Å²) in [5.41, 5.74) is 3.95. The van der Waals surface area contributed by atoms with Gasteiger partial charge in [-0.2, -0.15) is 0 Å². The third-order valence-corrected chi connectivity index (χ3v) is 3.19. The van der Waals surface area contributed by atoms with E-state index < -0.39 is 0 Å². The molecule has 6 heteroatoms. The van der Waals surface area contributed by atoms with Gasteiger partial charge in [0.15, 0.2) is 6.04 Å². The van der Waals surface area contributed by atoms with Crippen molar-refractivity contribution in [1.82, 2.24) is 4.90 Å². The molecule has 1 heterocycles. The summed E-state index contributed by atoms with van der Waals surface area (Å²) in [7, 11) is 0. The fraction of sp³-hybridized carbons (Fsp3) is 0.923. The average Bonchev–Trinajstić information content (AvgIpc) is 2.37. The lowest BCUT2D eigenvalue weighted by atomic mass is 10.0. The zero-order valence-electron chi connectivity index (χ0n) is 12.1. The number of rotatable bonds is 2. The van der Waals surface area contributed by atoms with Crippen molar-refractivity contribution in [3.05, 3.63) is 0 Å². The SMILES string of the molecule is CC(C)[C@H]([NH3+])C(=O)N1CCOCCOCCOCC1. The van der Waals surface area contributed by atoms with Crippen LogP contribution in [0.5, 0.6) is 0 Å². The molecule has 1 aliphatic heterocycles. The third-order valence-electron chi connectivity index (χ3n) is 3.19. The molecule has 6 nitrogen and oxygen atoms in total. The van der Waals surface area contributed by atoms with Gasteiger partial charge in [-0.3, -0.25) is 4.79 Å². The maximum atomic E-state index is 12.3. The quantitative estimate of drug-likeness (QED) is 0.712. The molecule has 0 saturated carbocycles. The lowest BCUT2D eigenvalue weighted by Crippen LogP contribution is -2.70. The second-order valence-corrected chi connectivity index (χ2v) is 5.01. The Kier molecular flexibility index (Phi) is 7.97. The summed E-state index contributed by atoms with van der Waals surface area (Å²) in [6.07, 6.45) is 0. The third kappa shape index (κ3) is 6.33. The molecule has 0 bridgehead atoms. The van der Waals surface area contributed by atoms with E-state index in [1.165, 1.54) is 0 Å². The van der Waals surface area contributed by atoms with Crippen molar-refractivity contribution >= 4 is 5.91 Å². The van der Waals surface area contributed by atoms with E-state index in [0.29, 0.717) is 52.7 Å². The fourth-order valence-corrected chi connectivity index (χ4v) is 1.74. The summed E-state index contributed by atoms with van der Waals surface area (Å²) < 4.78 is 16.2. The minimum absolute atomic E-state index is 0.0792. The van der Waals surface area contributed by atoms with Gasteiger partial charge >= 0.3 is 0 Å². The van der Waals surface area contributed by atoms with Crippen molar-refractivity contribution < 1.29 is 24.7 Å². The van der Waals surface area contributed by atoms with Crippen LogP contribution in [0.3, 0.4) is 0 Å². The van der Waals surface area contributed by atoms with E-state index in [0.717, 1.165) is 0 Å². The van der Waals surface area contributed by atoms with Gasteiger partial charge in [-0.05, 0) is 0 Å². The van der Waals surface area contributed by atoms with Crippen LogP contribution in [0.2, 0.25) is 0 Å². The number of ether oxygens (including phenoxy) is 3. The molecule has 0 aromatic heterocycles. The first-order valence-electron chi connectivity index (χ1n) is 6.98. The lowest BCUT2D eigenvalue weighted by molar-refractivity contribution is -0.416. The van der Waals surface area contributed by atoms with Gasteiger partial charge in [0.2, 0.25) is 0 Å². The molecule has 0 unspecified atom stereocenters. The van der Waals surface area contributed by atoms with E-state index in [9.17, 15) is 4.79 Å². The van der Waals surface area contributed by atoms with Crippen molar-refractivity contribution in [2.75, 3.05) is 52.7 Å². The Labute approximate surface area is 115 Å². The van der Waals surface area contributed by atoms with Gasteiger partial charge in [0.1, 0.15) is 0 Å². The van der Waals surface area contributed by atoms with Crippen LogP contribution < -0.4 is 5.73 Å². The largest absolute Gasteiger partial charge is 0.377 e. The smallest absolute Gasteiger partial charge is 0.281 e. The standard InChI is InChI=1S/C13H26N2O4/c1-11(2)12(14)13(16)15-3-5-17-7-9-19-10-8-18-6-4-15/h11-12H,3-10,14H2,1-2H3/p+1/t12-/m0/s1. The Bertz CT molecular complexity index is 249. The average molecular weight is 275 g/mol. The number of carbonyl (C=O) groups excluding carboxylic acids is 1. The van der Waals surface area contributed by atoms with Crippen LogP contribution in [0, 0.1) is 5.92 Å². The van der Waals surface area contributed by atoms with E-state index in [1.807, 2.05) is 13.8 Å². The minimum atomic E-state index is -0.212. The summed E-state index contributed by atoms with van der Waals surface area (Å²) in [4.78, 5) is 14.1. The molecule has 3 N–H and O–H groups in total. The summed E-state index contributed by atoms with van der Waals surface area (Å²) in [5.74, 6) is 0.319. The van der Waals surface area contributed by atoms with E-state index in [1.54, 1.807) is 4.90 Å². The van der Waals surface area contributed by atoms with E-state index in [4.69, 9.17) is 14.2 Å². The number of carbonyl (C=O) groups is 1. The van der Waals surface area contributed by atoms with Crippen LogP contribution in [0.15, 0.2) is 0 Å². The lowest BCUT2D eigenvalue weighted by Gasteiger charge is -2.26. The number of quaternary nitrogens is 1. The van der Waals surface area contributed by atoms with Crippen LogP contribution in [-0.2, 0) is 19.0 Å². The monoisotopic (exact) mass is 275 g/mol. The summed E-state index contributed by atoms with van der Waals surface area (Å²) in [6, 6.07) is -0.212. The minimum Gasteiger partial charge on any atom is -0.377 e. The highest BCUT2D eigenvalue weighted by atomic mass is 16.5. The zero-order chi connectivity index (χ0) is 14.1. The van der Waals surface area contributed by atoms with Gasteiger partial charge in [-0.1, -0.05) is 13.8 Å². The van der Waals surface area contributed by atoms with Gasteiger partial charge in [-0.15, -0.1) is 0 Å². The molecule has 1 saturated heterocycles. The van der Waals surface area contributed by atoms with Crippen molar-refractivity contribution in [3.8, 4) is 0 Å². The Balaban J connectivity index is 2.48. The van der Waals surface area contributed by atoms with E-state index in [2.05, 4.69) is 5.73 Å². The Morgan fingerprint density at radius 1 is 0.947 bits per heavy atom. The van der Waals surface area contributed by atoms with Crippen molar-refractivity contribution in [3.63, 3.8) is 0 Å². The van der Waals surface area contributed by atoms with E-state index >= 15 is 0 Å². The first kappa shape index (κ1) is 16.4. The highest BCUT2D eigenvalue weighted by Gasteiger charge is 2.26. The van der Waals surface area contributed by atoms with Gasteiger partial charge < -0.3 is 24.8 Å². The van der Waals surface area contributed by atoms with E-state index in [-0.39, 0.29) is 17.9 Å². The Hall–Kier alpha value is -0.690. The molecule has 112 valence electrons. The molecule has 1 amide bonds. The summed E-state index contributed by atoms with van der Waals surface area (Å²) >= 11 is 0. The number of amides is 1. The molecule has 0 aromatic rings. The first-order valence-corrected chi connectivity index (χ1v) is 6.98. The molecule has 1 aliphatic rings. The van der Waals surface area contributed by atoms with Gasteiger partial charge in [0.05, 0.1) is 39.6 Å². The van der Waals surface area contributed by atoms with Crippen LogP contribution >= 0.6 is 0 Å². The van der Waals surface area contributed by atoms with Crippen molar-refractivity contribution in [2.45, 2.75) is 19.9 Å². The normalized spacial score (nSPS) is 21.6. The topological polar surface area (TPSA) is 75.6 Å². The Morgan fingerprint density at radius 2 is 1.37 bits per heavy atom. The molecule has 1 atom stereocenters. The molecule has 1 fully saturated rings. The summed E-state index contributed by atoms with van der Waals surface area (Å²) in [5, 5.41) is 0. The second kappa shape index (κ2) is 9.25. The zero-order valence-corrected chi connectivity index (χ0v) is 12.1.